The number of carboxylic acids is 1. The minimum atomic E-state index is -1.11. The zero-order valence-corrected chi connectivity index (χ0v) is 15.4. The van der Waals surface area contributed by atoms with Gasteiger partial charge in [-0.05, 0) is 24.1 Å². The first kappa shape index (κ1) is 17.8. The Morgan fingerprint density at radius 3 is 2.68 bits per heavy atom. The van der Waals surface area contributed by atoms with Crippen LogP contribution in [0.4, 0.5) is 0 Å². The van der Waals surface area contributed by atoms with Crippen LogP contribution in [0.15, 0.2) is 30.5 Å². The first-order valence-corrected chi connectivity index (χ1v) is 8.98. The Balaban J connectivity index is 1.83. The van der Waals surface area contributed by atoms with Crippen molar-refractivity contribution in [2.75, 3.05) is 0 Å². The van der Waals surface area contributed by atoms with Crippen LogP contribution in [0.3, 0.4) is 0 Å². The average molecular weight is 397 g/mol. The number of hydrogen-bond donors (Lipinski definition) is 3. The molecule has 0 aliphatic heterocycles. The first-order chi connectivity index (χ1) is 11.9. The number of rotatable bonds is 5. The van der Waals surface area contributed by atoms with Crippen LogP contribution in [0.5, 0.6) is 0 Å². The van der Waals surface area contributed by atoms with E-state index in [-0.39, 0.29) is 6.42 Å². The number of nitrogens with one attached hydrogen (secondary N) is 2. The quantitative estimate of drug-likeness (QED) is 0.601. The molecule has 1 aromatic carbocycles. The van der Waals surface area contributed by atoms with Gasteiger partial charge < -0.3 is 15.4 Å². The number of aromatic nitrogens is 1. The second-order valence-electron chi connectivity index (χ2n) is 5.57. The lowest BCUT2D eigenvalue weighted by molar-refractivity contribution is -0.139. The van der Waals surface area contributed by atoms with Crippen LogP contribution in [0.25, 0.3) is 10.9 Å². The molecule has 3 aromatic rings. The summed E-state index contributed by atoms with van der Waals surface area (Å²) in [4.78, 5) is 27.5. The molecule has 3 N–H and O–H groups in total. The molecule has 0 fully saturated rings. The Hall–Kier alpha value is -2.02. The number of H-pyrrole nitrogens is 1. The van der Waals surface area contributed by atoms with E-state index >= 15 is 0 Å². The van der Waals surface area contributed by atoms with Crippen molar-refractivity contribution in [2.24, 2.45) is 0 Å². The molecule has 1 atom stereocenters. The maximum atomic E-state index is 12.4. The summed E-state index contributed by atoms with van der Waals surface area (Å²) >= 11 is 13.0. The van der Waals surface area contributed by atoms with E-state index in [9.17, 15) is 14.7 Å². The van der Waals surface area contributed by atoms with E-state index in [1.165, 1.54) is 0 Å². The maximum absolute atomic E-state index is 12.4. The van der Waals surface area contributed by atoms with E-state index in [0.717, 1.165) is 27.8 Å². The molecule has 1 unspecified atom stereocenters. The number of hydrogen-bond acceptors (Lipinski definition) is 3. The lowest BCUT2D eigenvalue weighted by atomic mass is 10.0. The minimum absolute atomic E-state index is 0.164. The van der Waals surface area contributed by atoms with Crippen LogP contribution in [-0.4, -0.2) is 28.0 Å². The number of aliphatic carboxylic acids is 1. The summed E-state index contributed by atoms with van der Waals surface area (Å²) < 4.78 is 0.313. The first-order valence-electron chi connectivity index (χ1n) is 7.41. The van der Waals surface area contributed by atoms with Crippen LogP contribution in [0.1, 0.15) is 20.8 Å². The third kappa shape index (κ3) is 3.51. The van der Waals surface area contributed by atoms with E-state index < -0.39 is 17.9 Å². The van der Waals surface area contributed by atoms with Crippen molar-refractivity contribution in [3.8, 4) is 0 Å². The molecule has 25 heavy (non-hydrogen) atoms. The number of thiophene rings is 1. The Morgan fingerprint density at radius 1 is 1.32 bits per heavy atom. The summed E-state index contributed by atoms with van der Waals surface area (Å²) in [7, 11) is 0. The normalized spacial score (nSPS) is 12.3. The van der Waals surface area contributed by atoms with Crippen molar-refractivity contribution in [1.82, 2.24) is 10.3 Å². The monoisotopic (exact) mass is 396 g/mol. The summed E-state index contributed by atoms with van der Waals surface area (Å²) in [6, 6.07) is 6.53. The molecule has 0 saturated carbocycles. The topological polar surface area (TPSA) is 82.2 Å². The molecular weight excluding hydrogens is 383 g/mol. The van der Waals surface area contributed by atoms with Crippen molar-refractivity contribution in [3.63, 3.8) is 0 Å². The minimum Gasteiger partial charge on any atom is -0.480 e. The van der Waals surface area contributed by atoms with Crippen molar-refractivity contribution >= 4 is 57.3 Å². The molecule has 5 nitrogen and oxygen atoms in total. The van der Waals surface area contributed by atoms with Gasteiger partial charge in [0, 0.05) is 23.5 Å². The summed E-state index contributed by atoms with van der Waals surface area (Å²) in [6.45, 7) is 1.68. The molecule has 0 spiro atoms. The molecule has 130 valence electrons. The van der Waals surface area contributed by atoms with Gasteiger partial charge >= 0.3 is 5.97 Å². The van der Waals surface area contributed by atoms with E-state index in [0.29, 0.717) is 19.8 Å². The number of halogens is 2. The van der Waals surface area contributed by atoms with E-state index in [1.807, 2.05) is 24.3 Å². The van der Waals surface area contributed by atoms with Gasteiger partial charge in [-0.15, -0.1) is 11.3 Å². The summed E-state index contributed by atoms with van der Waals surface area (Å²) in [5, 5.41) is 13.3. The van der Waals surface area contributed by atoms with Gasteiger partial charge in [-0.3, -0.25) is 4.79 Å². The number of para-hydroxylation sites is 1. The van der Waals surface area contributed by atoms with E-state index in [1.54, 1.807) is 13.1 Å². The number of carbonyl (C=O) groups is 2. The Kier molecular flexibility index (Phi) is 5.03. The number of benzene rings is 1. The highest BCUT2D eigenvalue weighted by atomic mass is 35.5. The number of carboxylic acid groups (broad SMARTS) is 1. The molecule has 8 heteroatoms. The summed E-state index contributed by atoms with van der Waals surface area (Å²) in [5.74, 6) is -1.60. The SMILES string of the molecule is Cc1c(C(=O)NC(Cc2c[nH]c3ccccc23)C(=O)O)sc(Cl)c1Cl. The third-order valence-corrected chi connectivity index (χ3v) is 6.12. The van der Waals surface area contributed by atoms with Crippen molar-refractivity contribution in [1.29, 1.82) is 0 Å². The maximum Gasteiger partial charge on any atom is 0.326 e. The predicted octanol–water partition coefficient (Wildman–Crippen LogP) is 4.27. The number of aromatic amines is 1. The Morgan fingerprint density at radius 2 is 2.04 bits per heavy atom. The van der Waals surface area contributed by atoms with Gasteiger partial charge in [-0.25, -0.2) is 4.79 Å². The standard InChI is InChI=1S/C17H14Cl2N2O3S/c1-8-13(18)15(19)25-14(8)16(22)21-12(17(23)24)6-9-7-20-11-5-3-2-4-10(9)11/h2-5,7,12,20H,6H2,1H3,(H,21,22)(H,23,24). The molecule has 3 rings (SSSR count). The lowest BCUT2D eigenvalue weighted by Gasteiger charge is -2.14. The third-order valence-electron chi connectivity index (χ3n) is 3.94. The van der Waals surface area contributed by atoms with Gasteiger partial charge in [0.2, 0.25) is 0 Å². The molecule has 0 aliphatic carbocycles. The fraction of sp³-hybridized carbons (Fsp3) is 0.176. The molecule has 0 aliphatic rings. The fourth-order valence-electron chi connectivity index (χ4n) is 2.62. The second-order valence-corrected chi connectivity index (χ2v) is 7.57. The van der Waals surface area contributed by atoms with Crippen LogP contribution in [0.2, 0.25) is 9.36 Å². The zero-order chi connectivity index (χ0) is 18.1. The van der Waals surface area contributed by atoms with Gasteiger partial charge in [0.1, 0.15) is 10.4 Å². The zero-order valence-electron chi connectivity index (χ0n) is 13.1. The molecule has 0 bridgehead atoms. The van der Waals surface area contributed by atoms with Gasteiger partial charge in [0.15, 0.2) is 0 Å². The second kappa shape index (κ2) is 7.07. The smallest absolute Gasteiger partial charge is 0.326 e. The Labute approximate surface area is 157 Å². The lowest BCUT2D eigenvalue weighted by Crippen LogP contribution is -2.42. The predicted molar refractivity (Wildman–Crippen MR) is 100.0 cm³/mol. The average Bonchev–Trinajstić information content (AvgIpc) is 3.10. The molecule has 0 radical (unpaired) electrons. The Bertz CT molecular complexity index is 964. The molecule has 0 saturated heterocycles. The largest absolute Gasteiger partial charge is 0.480 e. The summed E-state index contributed by atoms with van der Waals surface area (Å²) in [6.07, 6.45) is 1.92. The fourth-order valence-corrected chi connectivity index (χ4v) is 4.09. The van der Waals surface area contributed by atoms with Gasteiger partial charge in [0.05, 0.1) is 9.90 Å². The molecule has 2 heterocycles. The molecule has 2 aromatic heterocycles. The van der Waals surface area contributed by atoms with Crippen molar-refractivity contribution < 1.29 is 14.7 Å². The van der Waals surface area contributed by atoms with Crippen molar-refractivity contribution in [3.05, 3.63) is 55.8 Å². The number of carbonyl (C=O) groups excluding carboxylic acids is 1. The van der Waals surface area contributed by atoms with Gasteiger partial charge in [0.25, 0.3) is 5.91 Å². The van der Waals surface area contributed by atoms with Crippen LogP contribution in [0, 0.1) is 6.92 Å². The van der Waals surface area contributed by atoms with Crippen LogP contribution < -0.4 is 5.32 Å². The highest BCUT2D eigenvalue weighted by Gasteiger charge is 2.25. The van der Waals surface area contributed by atoms with Gasteiger partial charge in [-0.1, -0.05) is 41.4 Å². The molecule has 1 amide bonds. The van der Waals surface area contributed by atoms with Crippen molar-refractivity contribution in [2.45, 2.75) is 19.4 Å². The summed E-state index contributed by atoms with van der Waals surface area (Å²) in [5.41, 5.74) is 2.29. The van der Waals surface area contributed by atoms with Crippen LogP contribution >= 0.6 is 34.5 Å². The van der Waals surface area contributed by atoms with Gasteiger partial charge in [-0.2, -0.15) is 0 Å². The highest BCUT2D eigenvalue weighted by Crippen LogP contribution is 2.36. The van der Waals surface area contributed by atoms with Crippen LogP contribution in [-0.2, 0) is 11.2 Å². The number of amides is 1. The highest BCUT2D eigenvalue weighted by molar-refractivity contribution is 7.19. The number of fused-ring (bicyclic) bond motifs is 1. The van der Waals surface area contributed by atoms with E-state index in [2.05, 4.69) is 10.3 Å². The molecular formula is C17H14Cl2N2O3S. The van der Waals surface area contributed by atoms with E-state index in [4.69, 9.17) is 23.2 Å².